The average molecular weight is 683 g/mol. The quantitative estimate of drug-likeness (QED) is 0.101. The molecule has 48 heavy (non-hydrogen) atoms. The summed E-state index contributed by atoms with van der Waals surface area (Å²) >= 11 is 0. The van der Waals surface area contributed by atoms with Crippen molar-refractivity contribution in [3.05, 3.63) is 0 Å². The van der Waals surface area contributed by atoms with Gasteiger partial charge in [-0.3, -0.25) is 29.4 Å². The minimum atomic E-state index is -0.915. The Morgan fingerprint density at radius 1 is 0.854 bits per heavy atom. The number of ketones is 1. The summed E-state index contributed by atoms with van der Waals surface area (Å²) in [5.74, 6) is 22.3. The van der Waals surface area contributed by atoms with E-state index < -0.39 is 29.4 Å². The van der Waals surface area contributed by atoms with Crippen LogP contribution in [0.25, 0.3) is 0 Å². The number of amides is 3. The van der Waals surface area contributed by atoms with Crippen LogP contribution in [0.4, 0.5) is 4.79 Å². The van der Waals surface area contributed by atoms with Crippen molar-refractivity contribution < 1.29 is 33.5 Å². The van der Waals surface area contributed by atoms with E-state index in [0.717, 1.165) is 43.5 Å². The second kappa shape index (κ2) is 18.0. The molecule has 0 bridgehead atoms. The van der Waals surface area contributed by atoms with E-state index in [1.54, 1.807) is 21.1 Å². The minimum Gasteiger partial charge on any atom is -0.379 e. The summed E-state index contributed by atoms with van der Waals surface area (Å²) in [5, 5.41) is 7.18. The van der Waals surface area contributed by atoms with Crippen molar-refractivity contribution >= 4 is 23.7 Å². The first-order valence-corrected chi connectivity index (χ1v) is 17.6. The minimum absolute atomic E-state index is 0.00462. The summed E-state index contributed by atoms with van der Waals surface area (Å²) in [6, 6.07) is -1.14. The van der Waals surface area contributed by atoms with Gasteiger partial charge in [0.1, 0.15) is 0 Å². The Labute approximate surface area is 285 Å². The first-order chi connectivity index (χ1) is 22.6. The van der Waals surface area contributed by atoms with Gasteiger partial charge in [-0.25, -0.2) is 22.3 Å². The van der Waals surface area contributed by atoms with Crippen molar-refractivity contribution in [1.82, 2.24) is 20.3 Å². The van der Waals surface area contributed by atoms with E-state index in [9.17, 15) is 19.2 Å². The first-order valence-electron chi connectivity index (χ1n) is 17.6. The molecule has 0 aromatic heterocycles. The number of hydrogen-bond donors (Lipinski definition) is 5. The zero-order chi connectivity index (χ0) is 35.8. The number of Topliss-reactive ketones (excluding diaryl/α,β-unsaturated/α-hetero) is 1. The highest BCUT2D eigenvalue weighted by Crippen LogP contribution is 2.34. The van der Waals surface area contributed by atoms with Gasteiger partial charge >= 0.3 is 12.0 Å². The molecule has 6 unspecified atom stereocenters. The molecule has 0 saturated heterocycles. The van der Waals surface area contributed by atoms with Crippen LogP contribution in [0.15, 0.2) is 0 Å². The van der Waals surface area contributed by atoms with E-state index >= 15 is 0 Å². The molecule has 3 saturated carbocycles. The van der Waals surface area contributed by atoms with Crippen LogP contribution in [0.1, 0.15) is 111 Å². The largest absolute Gasteiger partial charge is 0.379 e. The Hall–Kier alpha value is -2.40. The van der Waals surface area contributed by atoms with Crippen LogP contribution in [-0.2, 0) is 28.7 Å². The van der Waals surface area contributed by atoms with Gasteiger partial charge < -0.3 is 19.6 Å². The lowest BCUT2D eigenvalue weighted by Gasteiger charge is -2.41. The summed E-state index contributed by atoms with van der Waals surface area (Å²) in [6.45, 7) is 7.42. The van der Waals surface area contributed by atoms with Gasteiger partial charge in [-0.15, -0.1) is 0 Å². The second-order valence-electron chi connectivity index (χ2n) is 14.9. The van der Waals surface area contributed by atoms with Crippen molar-refractivity contribution in [2.24, 2.45) is 41.2 Å². The number of hydrazine groups is 3. The van der Waals surface area contributed by atoms with E-state index in [-0.39, 0.29) is 60.9 Å². The zero-order valence-electron chi connectivity index (χ0n) is 29.9. The molecular weight excluding hydrogens is 620 g/mol. The number of ether oxygens (including phenoxy) is 2. The molecule has 0 aromatic rings. The van der Waals surface area contributed by atoms with Crippen LogP contribution in [0.2, 0.25) is 0 Å². The van der Waals surface area contributed by atoms with Gasteiger partial charge in [0, 0.05) is 32.6 Å². The van der Waals surface area contributed by atoms with E-state index in [2.05, 4.69) is 17.1 Å². The lowest BCUT2D eigenvalue weighted by Crippen LogP contribution is -2.60. The van der Waals surface area contributed by atoms with Gasteiger partial charge in [0.15, 0.2) is 5.78 Å². The van der Waals surface area contributed by atoms with Crippen LogP contribution in [0, 0.1) is 17.8 Å². The lowest BCUT2D eigenvalue weighted by atomic mass is 9.79. The fraction of sp³-hybridized carbons (Fsp3) is 0.879. The van der Waals surface area contributed by atoms with Crippen LogP contribution < -0.4 is 28.7 Å². The second-order valence-corrected chi connectivity index (χ2v) is 14.9. The molecule has 0 aromatic carbocycles. The molecule has 3 aliphatic rings. The van der Waals surface area contributed by atoms with Gasteiger partial charge in [-0.2, -0.15) is 5.90 Å². The average Bonchev–Trinajstić information content (AvgIpc) is 3.08. The van der Waals surface area contributed by atoms with Gasteiger partial charge in [0.25, 0.3) is 0 Å². The standard InChI is InChI=1S/C33H62N8O7/c1-20-9-7-8-10-25(20)41(36)32(45)39(34)24-14-12-23(13-15-24)38-33(3,4)29(42)17-21(2)31(44)40(35)26(19-30(43)48-37)22-11-16-27(46-5)28(18-22)47-6/h20-28,38H,7-19,34-37H2,1-6H3/t20?,21?,22?,23?,24?,25?,26-,27?,28?/m0/s1. The number of rotatable bonds is 14. The molecule has 276 valence electrons. The number of carbonyl (C=O) groups excluding carboxylic acids is 4. The van der Waals surface area contributed by atoms with Crippen molar-refractivity contribution in [2.45, 2.75) is 153 Å². The highest BCUT2D eigenvalue weighted by Gasteiger charge is 2.41. The maximum atomic E-state index is 13.6. The van der Waals surface area contributed by atoms with Crippen LogP contribution in [0.3, 0.4) is 0 Å². The topological polar surface area (TPSA) is 222 Å². The van der Waals surface area contributed by atoms with Gasteiger partial charge in [0.2, 0.25) is 5.91 Å². The lowest BCUT2D eigenvalue weighted by molar-refractivity contribution is -0.151. The maximum absolute atomic E-state index is 13.6. The summed E-state index contributed by atoms with van der Waals surface area (Å²) in [6.07, 6.45) is 8.30. The van der Waals surface area contributed by atoms with Crippen molar-refractivity contribution in [3.8, 4) is 0 Å². The molecule has 15 nitrogen and oxygen atoms in total. The van der Waals surface area contributed by atoms with Crippen molar-refractivity contribution in [2.75, 3.05) is 14.2 Å². The number of nitrogens with zero attached hydrogens (tertiary/aromatic N) is 3. The van der Waals surface area contributed by atoms with E-state index in [4.69, 9.17) is 32.9 Å². The van der Waals surface area contributed by atoms with E-state index in [1.165, 1.54) is 10.0 Å². The SMILES string of the molecule is COC1CCC([C@H](CC(=O)ON)N(N)C(=O)C(C)CC(=O)C(C)(C)NC2CCC(N(N)C(=O)N(N)C3CCCCC3C)CC2)CC1OC. The number of hydrogen-bond acceptors (Lipinski definition) is 12. The zero-order valence-corrected chi connectivity index (χ0v) is 29.9. The predicted molar refractivity (Wildman–Crippen MR) is 180 cm³/mol. The molecule has 3 aliphatic carbocycles. The monoisotopic (exact) mass is 682 g/mol. The summed E-state index contributed by atoms with van der Waals surface area (Å²) in [5.41, 5.74) is -0.915. The molecule has 3 amide bonds. The summed E-state index contributed by atoms with van der Waals surface area (Å²) in [4.78, 5) is 56.9. The van der Waals surface area contributed by atoms with Gasteiger partial charge in [-0.05, 0) is 83.5 Å². The summed E-state index contributed by atoms with van der Waals surface area (Å²) < 4.78 is 11.2. The summed E-state index contributed by atoms with van der Waals surface area (Å²) in [7, 11) is 3.23. The number of nitrogens with one attached hydrogen (secondary N) is 1. The molecule has 0 heterocycles. The third-order valence-electron chi connectivity index (χ3n) is 11.2. The molecule has 0 aliphatic heterocycles. The first kappa shape index (κ1) is 40.0. The van der Waals surface area contributed by atoms with Crippen LogP contribution in [-0.4, -0.2) is 94.9 Å². The Morgan fingerprint density at radius 2 is 1.48 bits per heavy atom. The van der Waals surface area contributed by atoms with E-state index in [1.807, 2.05) is 13.8 Å². The van der Waals surface area contributed by atoms with Gasteiger partial charge in [-0.1, -0.05) is 26.7 Å². The van der Waals surface area contributed by atoms with Crippen LogP contribution in [0.5, 0.6) is 0 Å². The molecule has 9 N–H and O–H groups in total. The normalized spacial score (nSPS) is 29.3. The Kier molecular flexibility index (Phi) is 15.0. The Bertz CT molecular complexity index is 1090. The molecule has 15 heteroatoms. The molecule has 3 rings (SSSR count). The molecule has 0 radical (unpaired) electrons. The fourth-order valence-corrected chi connectivity index (χ4v) is 7.98. The molecule has 0 spiro atoms. The van der Waals surface area contributed by atoms with E-state index in [0.29, 0.717) is 38.0 Å². The van der Waals surface area contributed by atoms with Gasteiger partial charge in [0.05, 0.1) is 42.3 Å². The smallest absolute Gasteiger partial charge is 0.348 e. The number of nitrogens with two attached hydrogens (primary N) is 4. The van der Waals surface area contributed by atoms with Crippen molar-refractivity contribution in [3.63, 3.8) is 0 Å². The highest BCUT2D eigenvalue weighted by molar-refractivity contribution is 5.92. The highest BCUT2D eigenvalue weighted by atomic mass is 16.7. The number of methoxy groups -OCH3 is 2. The number of carbonyl (C=O) groups is 4. The maximum Gasteiger partial charge on any atom is 0.348 e. The van der Waals surface area contributed by atoms with Crippen LogP contribution >= 0.6 is 0 Å². The molecule has 7 atom stereocenters. The third-order valence-corrected chi connectivity index (χ3v) is 11.2. The molecule has 3 fully saturated rings. The fourth-order valence-electron chi connectivity index (χ4n) is 7.98. The Balaban J connectivity index is 1.54. The molecular formula is C33H62N8O7. The predicted octanol–water partition coefficient (Wildman–Crippen LogP) is 2.02. The number of urea groups is 1. The van der Waals surface area contributed by atoms with Crippen molar-refractivity contribution in [1.29, 1.82) is 0 Å². The Morgan fingerprint density at radius 3 is 2.06 bits per heavy atom. The third kappa shape index (κ3) is 10.1.